The van der Waals surface area contributed by atoms with E-state index in [1.807, 2.05) is 54.6 Å². The standard InChI is InChI=1S/C20H15ClN2O2S2/c21-16-9-4-10-17-19(16)22-20(27-17)23(12-14-6-5-11-25-14)18(24)13-26-15-7-2-1-3-8-15/h1-11H,12-13H2. The van der Waals surface area contributed by atoms with E-state index in [1.54, 1.807) is 17.2 Å². The van der Waals surface area contributed by atoms with Gasteiger partial charge in [0.15, 0.2) is 5.13 Å². The highest BCUT2D eigenvalue weighted by Crippen LogP contribution is 2.34. The number of amides is 1. The minimum absolute atomic E-state index is 0.0320. The van der Waals surface area contributed by atoms with Gasteiger partial charge in [0.25, 0.3) is 0 Å². The number of carbonyl (C=O) groups excluding carboxylic acids is 1. The summed E-state index contributed by atoms with van der Waals surface area (Å²) in [5, 5.41) is 1.20. The summed E-state index contributed by atoms with van der Waals surface area (Å²) in [5.41, 5.74) is 0.715. The number of para-hydroxylation sites is 1. The SMILES string of the molecule is O=C(CSc1ccccc1)N(Cc1ccco1)c1nc2c(Cl)cccc2s1. The first-order valence-electron chi connectivity index (χ1n) is 8.26. The van der Waals surface area contributed by atoms with Crippen LogP contribution in [0.3, 0.4) is 0 Å². The molecular formula is C20H15ClN2O2S2. The molecule has 0 aliphatic carbocycles. The molecule has 4 aromatic rings. The lowest BCUT2D eigenvalue weighted by atomic mass is 10.3. The summed E-state index contributed by atoms with van der Waals surface area (Å²) < 4.78 is 6.40. The Morgan fingerprint density at radius 1 is 1.11 bits per heavy atom. The molecule has 4 rings (SSSR count). The molecule has 0 aliphatic rings. The van der Waals surface area contributed by atoms with Gasteiger partial charge in [0, 0.05) is 4.90 Å². The zero-order valence-electron chi connectivity index (χ0n) is 14.2. The van der Waals surface area contributed by atoms with Crippen LogP contribution in [0.25, 0.3) is 10.2 Å². The second kappa shape index (κ2) is 8.17. The Balaban J connectivity index is 1.61. The molecule has 2 heterocycles. The van der Waals surface area contributed by atoms with Gasteiger partial charge in [-0.25, -0.2) is 4.98 Å². The third-order valence-electron chi connectivity index (χ3n) is 3.89. The largest absolute Gasteiger partial charge is 0.467 e. The van der Waals surface area contributed by atoms with Gasteiger partial charge in [-0.15, -0.1) is 11.8 Å². The third kappa shape index (κ3) is 4.18. The van der Waals surface area contributed by atoms with Crippen molar-refractivity contribution in [2.45, 2.75) is 11.4 Å². The fourth-order valence-electron chi connectivity index (χ4n) is 2.58. The third-order valence-corrected chi connectivity index (χ3v) is 6.24. The van der Waals surface area contributed by atoms with E-state index in [0.29, 0.717) is 33.7 Å². The van der Waals surface area contributed by atoms with Crippen LogP contribution < -0.4 is 4.90 Å². The van der Waals surface area contributed by atoms with Gasteiger partial charge >= 0.3 is 0 Å². The van der Waals surface area contributed by atoms with E-state index >= 15 is 0 Å². The summed E-state index contributed by atoms with van der Waals surface area (Å²) in [6, 6.07) is 19.2. The van der Waals surface area contributed by atoms with Gasteiger partial charge in [0.2, 0.25) is 5.91 Å². The molecule has 2 aromatic heterocycles. The average molecular weight is 415 g/mol. The van der Waals surface area contributed by atoms with Crippen molar-refractivity contribution < 1.29 is 9.21 Å². The van der Waals surface area contributed by atoms with E-state index in [9.17, 15) is 4.79 Å². The van der Waals surface area contributed by atoms with Crippen molar-refractivity contribution in [2.24, 2.45) is 0 Å². The number of hydrogen-bond acceptors (Lipinski definition) is 5. The van der Waals surface area contributed by atoms with Crippen molar-refractivity contribution in [3.05, 3.63) is 77.7 Å². The number of furan rings is 1. The molecule has 0 fully saturated rings. The van der Waals surface area contributed by atoms with Crippen LogP contribution in [0.2, 0.25) is 5.02 Å². The van der Waals surface area contributed by atoms with Crippen molar-refractivity contribution in [2.75, 3.05) is 10.7 Å². The Hall–Kier alpha value is -2.28. The second-order valence-corrected chi connectivity index (χ2v) is 8.21. The molecule has 0 saturated heterocycles. The van der Waals surface area contributed by atoms with Crippen molar-refractivity contribution >= 4 is 56.0 Å². The summed E-state index contributed by atoms with van der Waals surface area (Å²) in [6.45, 7) is 0.332. The molecule has 4 nitrogen and oxygen atoms in total. The fourth-order valence-corrected chi connectivity index (χ4v) is 4.66. The van der Waals surface area contributed by atoms with Crippen LogP contribution in [0.5, 0.6) is 0 Å². The fraction of sp³-hybridized carbons (Fsp3) is 0.100. The number of hydrogen-bond donors (Lipinski definition) is 0. The predicted octanol–water partition coefficient (Wildman–Crippen LogP) is 5.87. The number of rotatable bonds is 6. The summed E-state index contributed by atoms with van der Waals surface area (Å²) in [6.07, 6.45) is 1.60. The van der Waals surface area contributed by atoms with E-state index in [4.69, 9.17) is 16.0 Å². The Labute approximate surface area is 169 Å². The van der Waals surface area contributed by atoms with Gasteiger partial charge in [-0.05, 0) is 36.4 Å². The molecule has 7 heteroatoms. The van der Waals surface area contributed by atoms with Crippen molar-refractivity contribution in [3.8, 4) is 0 Å². The Bertz CT molecular complexity index is 1050. The van der Waals surface area contributed by atoms with Gasteiger partial charge in [-0.1, -0.05) is 47.2 Å². The predicted molar refractivity (Wildman–Crippen MR) is 112 cm³/mol. The summed E-state index contributed by atoms with van der Waals surface area (Å²) in [7, 11) is 0. The van der Waals surface area contributed by atoms with Gasteiger partial charge in [0.1, 0.15) is 11.3 Å². The van der Waals surface area contributed by atoms with Crippen LogP contribution in [0.1, 0.15) is 5.76 Å². The second-order valence-electron chi connectivity index (χ2n) is 5.74. The minimum atomic E-state index is -0.0320. The van der Waals surface area contributed by atoms with E-state index in [1.165, 1.54) is 23.1 Å². The summed E-state index contributed by atoms with van der Waals surface area (Å²) in [5.74, 6) is 0.989. The summed E-state index contributed by atoms with van der Waals surface area (Å²) >= 11 is 9.21. The van der Waals surface area contributed by atoms with Crippen LogP contribution in [0, 0.1) is 0 Å². The number of benzene rings is 2. The van der Waals surface area contributed by atoms with Gasteiger partial charge in [-0.3, -0.25) is 9.69 Å². The quantitative estimate of drug-likeness (QED) is 0.370. The monoisotopic (exact) mass is 414 g/mol. The van der Waals surface area contributed by atoms with Gasteiger partial charge in [-0.2, -0.15) is 0 Å². The first-order valence-corrected chi connectivity index (χ1v) is 10.4. The molecule has 136 valence electrons. The number of fused-ring (bicyclic) bond motifs is 1. The van der Waals surface area contributed by atoms with Crippen LogP contribution in [0.15, 0.2) is 76.2 Å². The lowest BCUT2D eigenvalue weighted by molar-refractivity contribution is -0.116. The summed E-state index contributed by atoms with van der Waals surface area (Å²) in [4.78, 5) is 20.3. The highest BCUT2D eigenvalue weighted by molar-refractivity contribution is 8.00. The maximum Gasteiger partial charge on any atom is 0.239 e. The highest BCUT2D eigenvalue weighted by Gasteiger charge is 2.22. The molecular weight excluding hydrogens is 400 g/mol. The minimum Gasteiger partial charge on any atom is -0.467 e. The molecule has 0 radical (unpaired) electrons. The topological polar surface area (TPSA) is 46.3 Å². The van der Waals surface area contributed by atoms with Crippen molar-refractivity contribution in [1.82, 2.24) is 4.98 Å². The van der Waals surface area contributed by atoms with Crippen LogP contribution in [0.4, 0.5) is 5.13 Å². The zero-order valence-corrected chi connectivity index (χ0v) is 16.6. The molecule has 0 N–H and O–H groups in total. The van der Waals surface area contributed by atoms with E-state index in [2.05, 4.69) is 4.98 Å². The Morgan fingerprint density at radius 3 is 2.70 bits per heavy atom. The van der Waals surface area contributed by atoms with E-state index in [0.717, 1.165) is 9.60 Å². The van der Waals surface area contributed by atoms with Gasteiger partial charge < -0.3 is 4.42 Å². The number of thiazole rings is 1. The smallest absolute Gasteiger partial charge is 0.239 e. The molecule has 0 atom stereocenters. The molecule has 1 amide bonds. The molecule has 0 aliphatic heterocycles. The van der Waals surface area contributed by atoms with E-state index < -0.39 is 0 Å². The maximum atomic E-state index is 13.0. The van der Waals surface area contributed by atoms with E-state index in [-0.39, 0.29) is 5.91 Å². The van der Waals surface area contributed by atoms with Crippen LogP contribution in [-0.2, 0) is 11.3 Å². The molecule has 0 saturated carbocycles. The van der Waals surface area contributed by atoms with Gasteiger partial charge in [0.05, 0.1) is 28.3 Å². The molecule has 0 spiro atoms. The van der Waals surface area contributed by atoms with Crippen molar-refractivity contribution in [3.63, 3.8) is 0 Å². The number of thioether (sulfide) groups is 1. The molecule has 27 heavy (non-hydrogen) atoms. The first kappa shape index (κ1) is 18.1. The molecule has 2 aromatic carbocycles. The van der Waals surface area contributed by atoms with Crippen LogP contribution >= 0.6 is 34.7 Å². The van der Waals surface area contributed by atoms with Crippen LogP contribution in [-0.4, -0.2) is 16.6 Å². The lowest BCUT2D eigenvalue weighted by Crippen LogP contribution is -2.31. The van der Waals surface area contributed by atoms with Crippen molar-refractivity contribution in [1.29, 1.82) is 0 Å². The highest BCUT2D eigenvalue weighted by atomic mass is 35.5. The number of aromatic nitrogens is 1. The maximum absolute atomic E-state index is 13.0. The number of carbonyl (C=O) groups is 1. The first-order chi connectivity index (χ1) is 13.2. The molecule has 0 unspecified atom stereocenters. The number of anilines is 1. The Kier molecular flexibility index (Phi) is 5.48. The molecule has 0 bridgehead atoms. The average Bonchev–Trinajstić information content (AvgIpc) is 3.35. The number of nitrogens with zero attached hydrogens (tertiary/aromatic N) is 2. The lowest BCUT2D eigenvalue weighted by Gasteiger charge is -2.18. The Morgan fingerprint density at radius 2 is 1.96 bits per heavy atom. The number of halogens is 1. The zero-order chi connectivity index (χ0) is 18.6. The normalized spacial score (nSPS) is 11.0.